The van der Waals surface area contributed by atoms with Crippen molar-refractivity contribution in [3.8, 4) is 62.1 Å². The van der Waals surface area contributed by atoms with Gasteiger partial charge < -0.3 is 30.4 Å². The lowest BCUT2D eigenvalue weighted by Crippen LogP contribution is -2.11. The fraction of sp³-hybridized carbons (Fsp3) is 0.0769. The predicted molar refractivity (Wildman–Crippen MR) is 240 cm³/mol. The maximum atomic E-state index is 10.3. The molecule has 0 amide bonds. The van der Waals surface area contributed by atoms with Crippen LogP contribution in [-0.4, -0.2) is 25.5 Å². The molecule has 0 fully saturated rings. The summed E-state index contributed by atoms with van der Waals surface area (Å²) in [6.07, 6.45) is 9.36. The van der Waals surface area contributed by atoms with E-state index in [9.17, 15) is 25.5 Å². The van der Waals surface area contributed by atoms with Crippen LogP contribution in [0.25, 0.3) is 54.9 Å². The monoisotopic (exact) mass is 763 g/mol. The minimum Gasteiger partial charge on any atom is -0.504 e. The average molecular weight is 764 g/mol. The van der Waals surface area contributed by atoms with Crippen molar-refractivity contribution in [2.24, 2.45) is 0 Å². The highest BCUT2D eigenvalue weighted by molar-refractivity contribution is 6.05. The third-order valence-corrected chi connectivity index (χ3v) is 10.3. The molecule has 0 aromatic heterocycles. The molecule has 0 radical (unpaired) electrons. The van der Waals surface area contributed by atoms with Gasteiger partial charge in [0.1, 0.15) is 0 Å². The smallest absolute Gasteiger partial charge is 0.208 e. The second-order valence-electron chi connectivity index (χ2n) is 14.0. The fourth-order valence-corrected chi connectivity index (χ4v) is 7.21. The Bertz CT molecular complexity index is 2730. The first-order valence-corrected chi connectivity index (χ1v) is 19.3. The van der Waals surface area contributed by atoms with E-state index >= 15 is 0 Å². The fourth-order valence-electron chi connectivity index (χ4n) is 7.21. The van der Waals surface area contributed by atoms with Gasteiger partial charge >= 0.3 is 0 Å². The van der Waals surface area contributed by atoms with Gasteiger partial charge in [0.25, 0.3) is 0 Å². The van der Waals surface area contributed by atoms with Crippen LogP contribution in [0.1, 0.15) is 25.8 Å². The second-order valence-corrected chi connectivity index (χ2v) is 14.0. The van der Waals surface area contributed by atoms with Crippen molar-refractivity contribution >= 4 is 38.6 Å². The summed E-state index contributed by atoms with van der Waals surface area (Å²) in [5.74, 6) is -4.24. The molecule has 0 aliphatic carbocycles. The van der Waals surface area contributed by atoms with Gasteiger partial charge in [0.05, 0.1) is 16.9 Å². The second kappa shape index (κ2) is 17.1. The Hall–Kier alpha value is -7.44. The molecule has 8 rings (SSSR count). The van der Waals surface area contributed by atoms with E-state index < -0.39 is 28.7 Å². The Morgan fingerprint density at radius 1 is 0.448 bits per heavy atom. The number of nitrogens with zero attached hydrogens (tertiary/aromatic N) is 1. The minimum atomic E-state index is -0.984. The summed E-state index contributed by atoms with van der Waals surface area (Å²) < 4.78 is 0. The van der Waals surface area contributed by atoms with Gasteiger partial charge in [0, 0.05) is 16.5 Å². The highest BCUT2D eigenvalue weighted by Gasteiger charge is 2.24. The van der Waals surface area contributed by atoms with Crippen molar-refractivity contribution in [2.75, 3.05) is 4.90 Å². The Labute approximate surface area is 338 Å². The molecule has 0 bridgehead atoms. The van der Waals surface area contributed by atoms with Crippen LogP contribution >= 0.6 is 0 Å². The molecule has 58 heavy (non-hydrogen) atoms. The quantitative estimate of drug-likeness (QED) is 0.0600. The molecular formula is C52H45NO5. The van der Waals surface area contributed by atoms with Crippen LogP contribution in [-0.2, 0) is 0 Å². The SMILES string of the molecule is C/C=C\C=C/CC.Cc1ccc(N(c2ccc(-c3ccc(-c4ccc(-c5c(O)c(O)c(O)c(O)c5O)cc4)cc3)cc2)c2cccc3ccccc23)c2ccccc12. The molecule has 6 nitrogen and oxygen atoms in total. The largest absolute Gasteiger partial charge is 0.504 e. The number of phenols is 5. The van der Waals surface area contributed by atoms with Crippen molar-refractivity contribution < 1.29 is 25.5 Å². The lowest BCUT2D eigenvalue weighted by atomic mass is 9.96. The van der Waals surface area contributed by atoms with E-state index in [0.29, 0.717) is 5.56 Å². The molecular weight excluding hydrogens is 719 g/mol. The van der Waals surface area contributed by atoms with Crippen LogP contribution in [0, 0.1) is 6.92 Å². The van der Waals surface area contributed by atoms with Gasteiger partial charge in [-0.2, -0.15) is 0 Å². The van der Waals surface area contributed by atoms with E-state index in [0.717, 1.165) is 45.7 Å². The maximum absolute atomic E-state index is 10.3. The molecule has 5 N–H and O–H groups in total. The lowest BCUT2D eigenvalue weighted by molar-refractivity contribution is 0.330. The van der Waals surface area contributed by atoms with Gasteiger partial charge in [0.2, 0.25) is 17.2 Å². The number of rotatable bonds is 8. The van der Waals surface area contributed by atoms with Gasteiger partial charge in [-0.3, -0.25) is 0 Å². The van der Waals surface area contributed by atoms with Crippen LogP contribution in [0.5, 0.6) is 28.7 Å². The molecule has 8 aromatic rings. The van der Waals surface area contributed by atoms with Gasteiger partial charge in [-0.15, -0.1) is 0 Å². The van der Waals surface area contributed by atoms with Crippen molar-refractivity contribution in [3.63, 3.8) is 0 Å². The number of phenolic OH excluding ortho intramolecular Hbond substituents is 5. The van der Waals surface area contributed by atoms with E-state index in [-0.39, 0.29) is 5.56 Å². The van der Waals surface area contributed by atoms with E-state index in [4.69, 9.17) is 0 Å². The number of benzene rings is 8. The number of anilines is 3. The molecule has 0 saturated heterocycles. The molecule has 8 aromatic carbocycles. The van der Waals surface area contributed by atoms with E-state index in [2.05, 4.69) is 146 Å². The Balaban J connectivity index is 0.000000672. The zero-order chi connectivity index (χ0) is 40.8. The molecule has 288 valence electrons. The van der Waals surface area contributed by atoms with Crippen molar-refractivity contribution in [1.29, 1.82) is 0 Å². The van der Waals surface area contributed by atoms with E-state index in [1.54, 1.807) is 12.1 Å². The third-order valence-electron chi connectivity index (χ3n) is 10.3. The summed E-state index contributed by atoms with van der Waals surface area (Å²) in [4.78, 5) is 2.35. The molecule has 0 atom stereocenters. The Morgan fingerprint density at radius 3 is 1.48 bits per heavy atom. The van der Waals surface area contributed by atoms with Gasteiger partial charge in [-0.25, -0.2) is 0 Å². The summed E-state index contributed by atoms with van der Waals surface area (Å²) in [6, 6.07) is 51.7. The van der Waals surface area contributed by atoms with Crippen LogP contribution in [0.15, 0.2) is 176 Å². The van der Waals surface area contributed by atoms with Gasteiger partial charge in [0.15, 0.2) is 11.5 Å². The van der Waals surface area contributed by atoms with Gasteiger partial charge in [-0.05, 0) is 88.7 Å². The van der Waals surface area contributed by atoms with Crippen LogP contribution in [0.3, 0.4) is 0 Å². The number of aromatic hydroxyl groups is 5. The molecule has 6 heteroatoms. The molecule has 0 aliphatic heterocycles. The van der Waals surface area contributed by atoms with Crippen molar-refractivity contribution in [3.05, 3.63) is 182 Å². The molecule has 0 saturated carbocycles. The number of hydrogen-bond acceptors (Lipinski definition) is 6. The highest BCUT2D eigenvalue weighted by Crippen LogP contribution is 2.54. The number of fused-ring (bicyclic) bond motifs is 2. The van der Waals surface area contributed by atoms with E-state index in [1.807, 2.05) is 43.3 Å². The third kappa shape index (κ3) is 7.68. The summed E-state index contributed by atoms with van der Waals surface area (Å²) >= 11 is 0. The zero-order valence-corrected chi connectivity index (χ0v) is 32.6. The maximum Gasteiger partial charge on any atom is 0.208 e. The van der Waals surface area contributed by atoms with E-state index in [1.165, 1.54) is 27.1 Å². The van der Waals surface area contributed by atoms with Crippen LogP contribution < -0.4 is 4.90 Å². The average Bonchev–Trinajstić information content (AvgIpc) is 3.27. The molecule has 0 spiro atoms. The highest BCUT2D eigenvalue weighted by atomic mass is 16.4. The summed E-state index contributed by atoms with van der Waals surface area (Å²) in [7, 11) is 0. The Kier molecular flexibility index (Phi) is 11.5. The normalized spacial score (nSPS) is 11.3. The molecule has 0 aliphatic rings. The summed E-state index contributed by atoms with van der Waals surface area (Å²) in [5, 5.41) is 55.1. The summed E-state index contributed by atoms with van der Waals surface area (Å²) in [5.41, 5.74) is 8.66. The Morgan fingerprint density at radius 2 is 0.914 bits per heavy atom. The number of hydrogen-bond donors (Lipinski definition) is 5. The van der Waals surface area contributed by atoms with Crippen molar-refractivity contribution in [1.82, 2.24) is 0 Å². The first-order valence-electron chi connectivity index (χ1n) is 19.3. The molecule has 0 unspecified atom stereocenters. The topological polar surface area (TPSA) is 104 Å². The summed E-state index contributed by atoms with van der Waals surface area (Å²) in [6.45, 7) is 6.29. The lowest BCUT2D eigenvalue weighted by Gasteiger charge is -2.28. The number of aryl methyl sites for hydroxylation is 1. The standard InChI is InChI=1S/C45H33NO5.C7H12/c1-27-13-26-39(37-11-5-4-9-35(27)37)46(38-12-6-8-32-7-2-3-10-36(32)38)34-24-22-31(23-25-34)29-16-14-28(15-17-29)30-18-20-33(21-19-30)40-41(47)43(49)45(51)44(50)42(40)48;1-3-5-7-6-4-2/h2-26,47-51H,1H3;3,5-7H,4H2,1-2H3/b;5-3-,7-6-. The molecule has 0 heterocycles. The predicted octanol–water partition coefficient (Wildman–Crippen LogP) is 13.8. The zero-order valence-electron chi connectivity index (χ0n) is 32.6. The van der Waals surface area contributed by atoms with Crippen molar-refractivity contribution in [2.45, 2.75) is 27.2 Å². The van der Waals surface area contributed by atoms with Gasteiger partial charge in [-0.1, -0.05) is 159 Å². The minimum absolute atomic E-state index is 0.178. The van der Waals surface area contributed by atoms with Crippen LogP contribution in [0.2, 0.25) is 0 Å². The first kappa shape index (κ1) is 38.8. The van der Waals surface area contributed by atoms with Crippen LogP contribution in [0.4, 0.5) is 17.1 Å². The first-order chi connectivity index (χ1) is 28.2. The number of allylic oxidation sites excluding steroid dienone is 4.